The van der Waals surface area contributed by atoms with Crippen molar-refractivity contribution in [3.63, 3.8) is 0 Å². The lowest BCUT2D eigenvalue weighted by Gasteiger charge is -2.05. The van der Waals surface area contributed by atoms with Crippen molar-refractivity contribution in [2.45, 2.75) is 18.0 Å². The van der Waals surface area contributed by atoms with Gasteiger partial charge in [-0.25, -0.2) is 8.42 Å². The summed E-state index contributed by atoms with van der Waals surface area (Å²) in [5.74, 6) is 0. The lowest BCUT2D eigenvalue weighted by Crippen LogP contribution is -2.06. The average molecular weight is 246 g/mol. The Balaban J connectivity index is 2.28. The van der Waals surface area contributed by atoms with E-state index in [1.165, 1.54) is 5.56 Å². The van der Waals surface area contributed by atoms with Crippen LogP contribution < -0.4 is 10.0 Å². The molecule has 0 bridgehead atoms. The Morgan fingerprint density at radius 3 is 2.94 bits per heavy atom. The van der Waals surface area contributed by atoms with Crippen LogP contribution >= 0.6 is 0 Å². The van der Waals surface area contributed by atoms with Crippen molar-refractivity contribution in [2.75, 3.05) is 4.72 Å². The van der Waals surface area contributed by atoms with Crippen molar-refractivity contribution in [1.82, 2.24) is 5.32 Å². The predicted molar refractivity (Wildman–Crippen MR) is 65.3 cm³/mol. The minimum atomic E-state index is -3.36. The first kappa shape index (κ1) is 9.44. The number of anilines is 1. The van der Waals surface area contributed by atoms with E-state index in [1.807, 2.05) is 18.2 Å². The van der Waals surface area contributed by atoms with Crippen LogP contribution in [0.2, 0.25) is 0 Å². The van der Waals surface area contributed by atoms with E-state index in [0.29, 0.717) is 10.6 Å². The Morgan fingerprint density at radius 1 is 1.18 bits per heavy atom. The number of benzene rings is 2. The largest absolute Gasteiger partial charge is 0.309 e. The normalized spacial score (nSPS) is 19.3. The highest BCUT2D eigenvalue weighted by Crippen LogP contribution is 2.41. The smallest absolute Gasteiger partial charge is 0.262 e. The molecule has 2 N–H and O–H groups in total. The second kappa shape index (κ2) is 2.80. The van der Waals surface area contributed by atoms with Crippen LogP contribution in [0.5, 0.6) is 0 Å². The monoisotopic (exact) mass is 246 g/mol. The van der Waals surface area contributed by atoms with Gasteiger partial charge in [0.2, 0.25) is 0 Å². The van der Waals surface area contributed by atoms with Gasteiger partial charge in [-0.2, -0.15) is 0 Å². The molecule has 0 saturated carbocycles. The fourth-order valence-electron chi connectivity index (χ4n) is 2.75. The summed E-state index contributed by atoms with van der Waals surface area (Å²) in [5.41, 5.74) is 3.02. The molecule has 0 atom stereocenters. The zero-order valence-corrected chi connectivity index (χ0v) is 9.76. The number of fused-ring (bicyclic) bond motifs is 2. The minimum absolute atomic E-state index is 0.422. The van der Waals surface area contributed by atoms with Crippen molar-refractivity contribution >= 4 is 26.5 Å². The van der Waals surface area contributed by atoms with Gasteiger partial charge in [0.05, 0.1) is 10.6 Å². The zero-order chi connectivity index (χ0) is 11.6. The fraction of sp³-hybridized carbons (Fsp3) is 0.167. The third kappa shape index (κ3) is 1.08. The molecule has 5 heteroatoms. The Morgan fingerprint density at radius 2 is 2.06 bits per heavy atom. The lowest BCUT2D eigenvalue weighted by atomic mass is 10.00. The van der Waals surface area contributed by atoms with Crippen LogP contribution in [0.25, 0.3) is 10.8 Å². The molecule has 0 amide bonds. The molecule has 2 aromatic carbocycles. The van der Waals surface area contributed by atoms with E-state index in [9.17, 15) is 8.42 Å². The fourth-order valence-corrected chi connectivity index (χ4v) is 4.10. The number of rotatable bonds is 0. The van der Waals surface area contributed by atoms with E-state index in [4.69, 9.17) is 0 Å². The van der Waals surface area contributed by atoms with Crippen molar-refractivity contribution < 1.29 is 8.42 Å². The Bertz CT molecular complexity index is 766. The summed E-state index contributed by atoms with van der Waals surface area (Å²) in [6.45, 7) is 1.56. The highest BCUT2D eigenvalue weighted by atomic mass is 32.2. The third-order valence-corrected chi connectivity index (χ3v) is 4.87. The molecule has 0 spiro atoms. The summed E-state index contributed by atoms with van der Waals surface area (Å²) in [4.78, 5) is 0.422. The molecular weight excluding hydrogens is 236 g/mol. The number of hydrogen-bond donors (Lipinski definition) is 2. The van der Waals surface area contributed by atoms with E-state index >= 15 is 0 Å². The molecule has 0 saturated heterocycles. The minimum Gasteiger partial charge on any atom is -0.309 e. The quantitative estimate of drug-likeness (QED) is 0.741. The van der Waals surface area contributed by atoms with Gasteiger partial charge in [-0.15, -0.1) is 0 Å². The molecule has 4 nitrogen and oxygen atoms in total. The Labute approximate surface area is 98.7 Å². The Hall–Kier alpha value is -1.59. The van der Waals surface area contributed by atoms with Crippen molar-refractivity contribution in [2.24, 2.45) is 0 Å². The average Bonchev–Trinajstić information content (AvgIpc) is 2.84. The SMILES string of the molecule is O=S1(=O)Nc2cccc3c4c(cc1c23)CNC4. The maximum absolute atomic E-state index is 12.0. The van der Waals surface area contributed by atoms with Gasteiger partial charge in [0.25, 0.3) is 10.0 Å². The summed E-state index contributed by atoms with van der Waals surface area (Å²) in [6.07, 6.45) is 0. The topological polar surface area (TPSA) is 58.2 Å². The van der Waals surface area contributed by atoms with E-state index in [-0.39, 0.29) is 0 Å². The molecule has 0 fully saturated rings. The number of nitrogens with one attached hydrogen (secondary N) is 2. The van der Waals surface area contributed by atoms with Crippen LogP contribution in [0.15, 0.2) is 29.2 Å². The van der Waals surface area contributed by atoms with Gasteiger partial charge in [-0.05, 0) is 28.6 Å². The van der Waals surface area contributed by atoms with Crippen LogP contribution in [-0.4, -0.2) is 8.42 Å². The molecule has 0 radical (unpaired) electrons. The first-order valence-corrected chi connectivity index (χ1v) is 6.96. The van der Waals surface area contributed by atoms with Crippen LogP contribution in [-0.2, 0) is 23.1 Å². The van der Waals surface area contributed by atoms with Crippen molar-refractivity contribution in [3.05, 3.63) is 35.4 Å². The first-order valence-electron chi connectivity index (χ1n) is 5.48. The second-order valence-electron chi connectivity index (χ2n) is 4.45. The van der Waals surface area contributed by atoms with E-state index in [0.717, 1.165) is 29.4 Å². The molecule has 0 aromatic heterocycles. The molecule has 2 heterocycles. The van der Waals surface area contributed by atoms with Crippen molar-refractivity contribution in [3.8, 4) is 0 Å². The molecule has 17 heavy (non-hydrogen) atoms. The molecule has 4 rings (SSSR count). The summed E-state index contributed by atoms with van der Waals surface area (Å²) >= 11 is 0. The van der Waals surface area contributed by atoms with Gasteiger partial charge >= 0.3 is 0 Å². The summed E-state index contributed by atoms with van der Waals surface area (Å²) in [5, 5.41) is 5.15. The van der Waals surface area contributed by atoms with Gasteiger partial charge in [0.1, 0.15) is 0 Å². The van der Waals surface area contributed by atoms with Crippen LogP contribution in [0, 0.1) is 0 Å². The molecule has 2 aliphatic heterocycles. The van der Waals surface area contributed by atoms with Gasteiger partial charge in [-0.3, -0.25) is 4.72 Å². The first-order chi connectivity index (χ1) is 8.17. The maximum Gasteiger partial charge on any atom is 0.262 e. The van der Waals surface area contributed by atoms with Gasteiger partial charge in [0.15, 0.2) is 0 Å². The van der Waals surface area contributed by atoms with Crippen molar-refractivity contribution in [1.29, 1.82) is 0 Å². The van der Waals surface area contributed by atoms with Gasteiger partial charge in [-0.1, -0.05) is 12.1 Å². The van der Waals surface area contributed by atoms with Gasteiger partial charge < -0.3 is 5.32 Å². The van der Waals surface area contributed by atoms with Gasteiger partial charge in [0, 0.05) is 18.5 Å². The predicted octanol–water partition coefficient (Wildman–Crippen LogP) is 1.56. The van der Waals surface area contributed by atoms with E-state index < -0.39 is 10.0 Å². The lowest BCUT2D eigenvalue weighted by molar-refractivity contribution is 0.603. The third-order valence-electron chi connectivity index (χ3n) is 3.48. The van der Waals surface area contributed by atoms with E-state index in [1.54, 1.807) is 6.07 Å². The summed E-state index contributed by atoms with van der Waals surface area (Å²) in [7, 11) is -3.36. The van der Waals surface area contributed by atoms with Crippen LogP contribution in [0.4, 0.5) is 5.69 Å². The second-order valence-corrected chi connectivity index (χ2v) is 6.10. The molecule has 2 aliphatic rings. The highest BCUT2D eigenvalue weighted by Gasteiger charge is 2.30. The highest BCUT2D eigenvalue weighted by molar-refractivity contribution is 7.93. The standard InChI is InChI=1S/C12H10N2O2S/c15-17(16)11-4-7-5-13-6-9(7)8-2-1-3-10(14-17)12(8)11/h1-4,13-14H,5-6H2. The molecule has 2 aromatic rings. The maximum atomic E-state index is 12.0. The zero-order valence-electron chi connectivity index (χ0n) is 8.95. The number of sulfonamides is 1. The molecule has 0 aliphatic carbocycles. The van der Waals surface area contributed by atoms with E-state index in [2.05, 4.69) is 10.0 Å². The molecule has 0 unspecified atom stereocenters. The molecule has 86 valence electrons. The van der Waals surface area contributed by atoms with Crippen LogP contribution in [0.3, 0.4) is 0 Å². The number of hydrogen-bond acceptors (Lipinski definition) is 3. The Kier molecular flexibility index (Phi) is 1.56. The summed E-state index contributed by atoms with van der Waals surface area (Å²) in [6, 6.07) is 7.51. The summed E-state index contributed by atoms with van der Waals surface area (Å²) < 4.78 is 26.6. The van der Waals surface area contributed by atoms with Crippen LogP contribution in [0.1, 0.15) is 11.1 Å². The molecular formula is C12H10N2O2S.